The van der Waals surface area contributed by atoms with Gasteiger partial charge in [-0.25, -0.2) is 0 Å². The number of nitrogens with zero attached hydrogens (tertiary/aromatic N) is 2. The quantitative estimate of drug-likeness (QED) is 0.820. The summed E-state index contributed by atoms with van der Waals surface area (Å²) in [6.07, 6.45) is 3.18. The van der Waals surface area contributed by atoms with Gasteiger partial charge < -0.3 is 5.11 Å². The zero-order valence-electron chi connectivity index (χ0n) is 6.53. The van der Waals surface area contributed by atoms with Gasteiger partial charge in [0.25, 0.3) is 0 Å². The third-order valence-corrected chi connectivity index (χ3v) is 2.09. The molecule has 0 saturated heterocycles. The number of aromatic nitrogens is 2. The molecule has 1 rings (SSSR count). The van der Waals surface area contributed by atoms with E-state index in [-0.39, 0.29) is 12.1 Å². The lowest BCUT2D eigenvalue weighted by atomic mass is 10.2. The van der Waals surface area contributed by atoms with E-state index in [1.54, 1.807) is 17.8 Å². The Labute approximate surface area is 74.2 Å². The molecule has 4 heteroatoms. The van der Waals surface area contributed by atoms with Gasteiger partial charge in [0.05, 0.1) is 22.8 Å². The number of aliphatic hydroxyl groups excluding tert-OH is 1. The topological polar surface area (TPSA) is 38.0 Å². The van der Waals surface area contributed by atoms with Gasteiger partial charge in [-0.05, 0) is 29.8 Å². The largest absolute Gasteiger partial charge is 0.391 e. The van der Waals surface area contributed by atoms with Crippen LogP contribution in [0.25, 0.3) is 0 Å². The SMILES string of the molecule is C[C@H]([C@@H](C)O)n1cc(Br)cn1. The highest BCUT2D eigenvalue weighted by molar-refractivity contribution is 9.10. The zero-order valence-corrected chi connectivity index (χ0v) is 8.12. The average Bonchev–Trinajstić information content (AvgIpc) is 2.34. The first kappa shape index (κ1) is 8.74. The smallest absolute Gasteiger partial charge is 0.0747 e. The van der Waals surface area contributed by atoms with E-state index in [9.17, 15) is 5.11 Å². The van der Waals surface area contributed by atoms with Crippen molar-refractivity contribution in [3.8, 4) is 0 Å². The second kappa shape index (κ2) is 3.36. The minimum atomic E-state index is -0.373. The van der Waals surface area contributed by atoms with Crippen molar-refractivity contribution < 1.29 is 5.11 Å². The van der Waals surface area contributed by atoms with Gasteiger partial charge in [0.15, 0.2) is 0 Å². The summed E-state index contributed by atoms with van der Waals surface area (Å²) in [7, 11) is 0. The monoisotopic (exact) mass is 218 g/mol. The first-order valence-corrected chi connectivity index (χ1v) is 4.28. The Bertz CT molecular complexity index is 234. The molecule has 0 spiro atoms. The minimum absolute atomic E-state index is 0.0290. The zero-order chi connectivity index (χ0) is 8.43. The maximum absolute atomic E-state index is 9.21. The van der Waals surface area contributed by atoms with Gasteiger partial charge >= 0.3 is 0 Å². The van der Waals surface area contributed by atoms with Crippen molar-refractivity contribution >= 4 is 15.9 Å². The lowest BCUT2D eigenvalue weighted by molar-refractivity contribution is 0.132. The van der Waals surface area contributed by atoms with Crippen LogP contribution < -0.4 is 0 Å². The average molecular weight is 219 g/mol. The van der Waals surface area contributed by atoms with E-state index in [4.69, 9.17) is 0 Å². The molecule has 0 aliphatic rings. The van der Waals surface area contributed by atoms with Gasteiger partial charge in [-0.3, -0.25) is 4.68 Å². The van der Waals surface area contributed by atoms with Gasteiger partial charge in [-0.1, -0.05) is 0 Å². The maximum Gasteiger partial charge on any atom is 0.0747 e. The van der Waals surface area contributed by atoms with Crippen molar-refractivity contribution in [3.05, 3.63) is 16.9 Å². The summed E-state index contributed by atoms with van der Waals surface area (Å²) in [5, 5.41) is 13.3. The molecule has 62 valence electrons. The van der Waals surface area contributed by atoms with Crippen LogP contribution in [0.1, 0.15) is 19.9 Å². The van der Waals surface area contributed by atoms with E-state index in [1.165, 1.54) is 0 Å². The Hall–Kier alpha value is -0.350. The predicted molar refractivity (Wildman–Crippen MR) is 46.3 cm³/mol. The number of aliphatic hydroxyl groups is 1. The fraction of sp³-hybridized carbons (Fsp3) is 0.571. The van der Waals surface area contributed by atoms with Gasteiger partial charge in [-0.2, -0.15) is 5.10 Å². The molecule has 3 nitrogen and oxygen atoms in total. The fourth-order valence-corrected chi connectivity index (χ4v) is 1.06. The van der Waals surface area contributed by atoms with Crippen LogP contribution in [0, 0.1) is 0 Å². The van der Waals surface area contributed by atoms with Crippen molar-refractivity contribution in [2.45, 2.75) is 26.0 Å². The van der Waals surface area contributed by atoms with E-state index >= 15 is 0 Å². The number of hydrogen-bond acceptors (Lipinski definition) is 2. The maximum atomic E-state index is 9.21. The van der Waals surface area contributed by atoms with E-state index < -0.39 is 0 Å². The van der Waals surface area contributed by atoms with Crippen LogP contribution in [0.5, 0.6) is 0 Å². The van der Waals surface area contributed by atoms with E-state index in [1.807, 2.05) is 13.1 Å². The molecule has 1 aromatic rings. The molecule has 0 unspecified atom stereocenters. The van der Waals surface area contributed by atoms with Crippen molar-refractivity contribution in [2.75, 3.05) is 0 Å². The minimum Gasteiger partial charge on any atom is -0.391 e. The normalized spacial score (nSPS) is 16.4. The van der Waals surface area contributed by atoms with Crippen molar-refractivity contribution in [3.63, 3.8) is 0 Å². The van der Waals surface area contributed by atoms with Gasteiger partial charge in [-0.15, -0.1) is 0 Å². The molecule has 2 atom stereocenters. The highest BCUT2D eigenvalue weighted by Crippen LogP contribution is 2.13. The van der Waals surface area contributed by atoms with Crippen LogP contribution in [-0.4, -0.2) is 21.0 Å². The lowest BCUT2D eigenvalue weighted by Crippen LogP contribution is -2.18. The molecule has 1 heterocycles. The summed E-state index contributed by atoms with van der Waals surface area (Å²) in [6.45, 7) is 3.67. The molecule has 0 amide bonds. The third-order valence-electron chi connectivity index (χ3n) is 1.69. The van der Waals surface area contributed by atoms with Crippen LogP contribution in [0.15, 0.2) is 16.9 Å². The molecule has 11 heavy (non-hydrogen) atoms. The molecule has 0 aromatic carbocycles. The molecule has 1 aromatic heterocycles. The predicted octanol–water partition coefficient (Wildman–Crippen LogP) is 1.59. The van der Waals surface area contributed by atoms with Crippen LogP contribution in [0.2, 0.25) is 0 Å². The molecular weight excluding hydrogens is 208 g/mol. The summed E-state index contributed by atoms with van der Waals surface area (Å²) in [4.78, 5) is 0. The molecule has 0 aliphatic carbocycles. The second-order valence-corrected chi connectivity index (χ2v) is 3.54. The van der Waals surface area contributed by atoms with Crippen molar-refractivity contribution in [2.24, 2.45) is 0 Å². The summed E-state index contributed by atoms with van der Waals surface area (Å²) >= 11 is 3.28. The van der Waals surface area contributed by atoms with Gasteiger partial charge in [0, 0.05) is 6.20 Å². The molecule has 0 fully saturated rings. The highest BCUT2D eigenvalue weighted by Gasteiger charge is 2.10. The Kier molecular flexibility index (Phi) is 2.67. The van der Waals surface area contributed by atoms with Crippen molar-refractivity contribution in [1.82, 2.24) is 9.78 Å². The van der Waals surface area contributed by atoms with Crippen LogP contribution in [-0.2, 0) is 0 Å². The van der Waals surface area contributed by atoms with Crippen LogP contribution in [0.4, 0.5) is 0 Å². The summed E-state index contributed by atoms with van der Waals surface area (Å²) in [5.74, 6) is 0. The molecule has 0 aliphatic heterocycles. The standard InChI is InChI=1S/C7H11BrN2O/c1-5(6(2)11)10-4-7(8)3-9-10/h3-6,11H,1-2H3/t5-,6-/m1/s1. The Morgan fingerprint density at radius 2 is 2.27 bits per heavy atom. The first-order chi connectivity index (χ1) is 5.11. The summed E-state index contributed by atoms with van der Waals surface area (Å²) in [6, 6.07) is 0.0290. The van der Waals surface area contributed by atoms with E-state index in [2.05, 4.69) is 21.0 Å². The second-order valence-electron chi connectivity index (χ2n) is 2.62. The third kappa shape index (κ3) is 2.04. The number of rotatable bonds is 2. The molecule has 0 saturated carbocycles. The highest BCUT2D eigenvalue weighted by atomic mass is 79.9. The van der Waals surface area contributed by atoms with Crippen molar-refractivity contribution in [1.29, 1.82) is 0 Å². The fourth-order valence-electron chi connectivity index (χ4n) is 0.759. The van der Waals surface area contributed by atoms with Gasteiger partial charge in [0.2, 0.25) is 0 Å². The van der Waals surface area contributed by atoms with Gasteiger partial charge in [0.1, 0.15) is 0 Å². The van der Waals surface area contributed by atoms with E-state index in [0.717, 1.165) is 4.47 Å². The Morgan fingerprint density at radius 3 is 2.64 bits per heavy atom. The molecular formula is C7H11BrN2O. The summed E-state index contributed by atoms with van der Waals surface area (Å²) < 4.78 is 2.67. The molecule has 0 bridgehead atoms. The lowest BCUT2D eigenvalue weighted by Gasteiger charge is -2.14. The summed E-state index contributed by atoms with van der Waals surface area (Å²) in [5.41, 5.74) is 0. The number of hydrogen-bond donors (Lipinski definition) is 1. The Balaban J connectivity index is 2.76. The number of halogens is 1. The van der Waals surface area contributed by atoms with Crippen LogP contribution in [0.3, 0.4) is 0 Å². The molecule has 0 radical (unpaired) electrons. The Morgan fingerprint density at radius 1 is 1.64 bits per heavy atom. The van der Waals surface area contributed by atoms with Crippen LogP contribution >= 0.6 is 15.9 Å². The van der Waals surface area contributed by atoms with E-state index in [0.29, 0.717) is 0 Å². The first-order valence-electron chi connectivity index (χ1n) is 3.49. The molecule has 1 N–H and O–H groups in total.